The Balaban J connectivity index is 1.75. The number of carbonyl (C=O) groups excluding carboxylic acids is 1. The Labute approximate surface area is 248 Å². The highest BCUT2D eigenvalue weighted by molar-refractivity contribution is 14.1. The predicted octanol–water partition coefficient (Wildman–Crippen LogP) is 4.14. The molecular weight excluding hydrogens is 669 g/mol. The summed E-state index contributed by atoms with van der Waals surface area (Å²) in [6, 6.07) is 14.6. The van der Waals surface area contributed by atoms with E-state index in [0.717, 1.165) is 11.1 Å². The topological polar surface area (TPSA) is 140 Å². The van der Waals surface area contributed by atoms with E-state index in [4.69, 9.17) is 8.92 Å². The maximum Gasteiger partial charge on any atom is 0.339 e. The highest BCUT2D eigenvalue weighted by Crippen LogP contribution is 2.35. The van der Waals surface area contributed by atoms with Gasteiger partial charge in [-0.2, -0.15) is 18.2 Å². The van der Waals surface area contributed by atoms with E-state index >= 15 is 0 Å². The fourth-order valence-corrected chi connectivity index (χ4v) is 6.63. The minimum Gasteiger partial charge on any atom is -0.493 e. The number of halogens is 1. The summed E-state index contributed by atoms with van der Waals surface area (Å²) in [6.07, 6.45) is 1.33. The number of rotatable bonds is 11. The second kappa shape index (κ2) is 13.1. The number of amides is 1. The van der Waals surface area contributed by atoms with Crippen molar-refractivity contribution < 1.29 is 30.6 Å². The number of hydrogen-bond acceptors (Lipinski definition) is 8. The average Bonchev–Trinajstić information content (AvgIpc) is 2.89. The van der Waals surface area contributed by atoms with Crippen LogP contribution in [0.4, 0.5) is 0 Å². The molecule has 0 bridgehead atoms. The number of hydrogen-bond donors (Lipinski definition) is 2. The zero-order valence-corrected chi connectivity index (χ0v) is 26.3. The molecule has 3 rings (SSSR count). The number of methoxy groups -OCH3 is 1. The molecule has 0 aliphatic carbocycles. The van der Waals surface area contributed by atoms with Crippen LogP contribution in [0, 0.1) is 23.3 Å². The number of ether oxygens (including phenoxy) is 1. The summed E-state index contributed by atoms with van der Waals surface area (Å²) in [6.45, 7) is 7.11. The molecule has 0 radical (unpaired) electrons. The number of carbonyl (C=O) groups is 1. The second-order valence-electron chi connectivity index (χ2n) is 9.27. The first-order chi connectivity index (χ1) is 18.7. The summed E-state index contributed by atoms with van der Waals surface area (Å²) in [5.74, 6) is -0.868. The van der Waals surface area contributed by atoms with Gasteiger partial charge in [-0.15, -0.1) is 0 Å². The van der Waals surface area contributed by atoms with Crippen LogP contribution in [-0.4, -0.2) is 42.1 Å². The minimum absolute atomic E-state index is 0.00186. The maximum absolute atomic E-state index is 12.8. The third-order valence-electron chi connectivity index (χ3n) is 5.71. The Morgan fingerprint density at radius 3 is 2.00 bits per heavy atom. The highest BCUT2D eigenvalue weighted by Gasteiger charge is 2.28. The van der Waals surface area contributed by atoms with Crippen LogP contribution in [0.5, 0.6) is 11.5 Å². The van der Waals surface area contributed by atoms with Crippen LogP contribution >= 0.6 is 22.6 Å². The SMILES string of the molecule is COc1cc(/C=N\NC(=O)[C@@H](NS(=O)(=O)c2ccc(C)cc2)C(C)C)cc(I)c1OS(=O)(=O)c1ccc(C)cc1. The molecule has 1 amide bonds. The van der Waals surface area contributed by atoms with Crippen LogP contribution in [0.2, 0.25) is 0 Å². The van der Waals surface area contributed by atoms with Crippen molar-refractivity contribution in [2.75, 3.05) is 7.11 Å². The van der Waals surface area contributed by atoms with E-state index in [2.05, 4.69) is 15.2 Å². The molecule has 0 saturated heterocycles. The van der Waals surface area contributed by atoms with Crippen LogP contribution < -0.4 is 19.1 Å². The number of benzene rings is 3. The number of nitrogens with zero attached hydrogens (tertiary/aromatic N) is 1. The van der Waals surface area contributed by atoms with Gasteiger partial charge in [0.2, 0.25) is 10.0 Å². The van der Waals surface area contributed by atoms with Gasteiger partial charge in [0.25, 0.3) is 5.91 Å². The molecule has 3 aromatic carbocycles. The molecule has 214 valence electrons. The third-order valence-corrected chi connectivity index (χ3v) is 9.20. The Hall–Kier alpha value is -3.01. The standard InChI is InChI=1S/C27H30IN3O7S2/c1-17(2)25(31-39(33,34)21-10-6-18(3)7-11-21)27(32)30-29-16-20-14-23(28)26(24(15-20)37-5)38-40(35,36)22-12-8-19(4)9-13-22/h6-17,25,31H,1-5H3,(H,30,32)/b29-16-/t25-/m0/s1. The van der Waals surface area contributed by atoms with Crippen LogP contribution in [0.3, 0.4) is 0 Å². The molecule has 0 unspecified atom stereocenters. The van der Waals surface area contributed by atoms with Crippen molar-refractivity contribution in [3.05, 3.63) is 80.9 Å². The second-order valence-corrected chi connectivity index (χ2v) is 13.7. The molecule has 2 N–H and O–H groups in total. The van der Waals surface area contributed by atoms with Gasteiger partial charge in [0.05, 0.1) is 21.8 Å². The zero-order chi connectivity index (χ0) is 29.7. The first kappa shape index (κ1) is 31.5. The molecule has 1 atom stereocenters. The fraction of sp³-hybridized carbons (Fsp3) is 0.259. The summed E-state index contributed by atoms with van der Waals surface area (Å²) in [4.78, 5) is 12.9. The lowest BCUT2D eigenvalue weighted by atomic mass is 10.1. The first-order valence-electron chi connectivity index (χ1n) is 12.0. The molecule has 0 aliphatic heterocycles. The lowest BCUT2D eigenvalue weighted by molar-refractivity contribution is -0.123. The molecule has 40 heavy (non-hydrogen) atoms. The van der Waals surface area contributed by atoms with Crippen molar-refractivity contribution in [2.45, 2.75) is 43.5 Å². The highest BCUT2D eigenvalue weighted by atomic mass is 127. The summed E-state index contributed by atoms with van der Waals surface area (Å²) in [7, 11) is -6.69. The molecule has 0 heterocycles. The molecular formula is C27H30IN3O7S2. The fourth-order valence-electron chi connectivity index (χ4n) is 3.44. The van der Waals surface area contributed by atoms with Crippen LogP contribution in [-0.2, 0) is 24.9 Å². The van der Waals surface area contributed by atoms with E-state index in [-0.39, 0.29) is 27.2 Å². The van der Waals surface area contributed by atoms with Crippen LogP contribution in [0.1, 0.15) is 30.5 Å². The van der Waals surface area contributed by atoms with Gasteiger partial charge in [0.15, 0.2) is 11.5 Å². The summed E-state index contributed by atoms with van der Waals surface area (Å²) < 4.78 is 64.8. The van der Waals surface area contributed by atoms with Gasteiger partial charge in [-0.05, 0) is 84.3 Å². The molecule has 10 nitrogen and oxygen atoms in total. The quantitative estimate of drug-likeness (QED) is 0.133. The first-order valence-corrected chi connectivity index (χ1v) is 16.0. The van der Waals surface area contributed by atoms with Crippen LogP contribution in [0.25, 0.3) is 0 Å². The van der Waals surface area contributed by atoms with Gasteiger partial charge in [-0.25, -0.2) is 13.8 Å². The molecule has 0 aliphatic rings. The maximum atomic E-state index is 12.8. The van der Waals surface area contributed by atoms with Crippen molar-refractivity contribution in [2.24, 2.45) is 11.0 Å². The van der Waals surface area contributed by atoms with Crippen molar-refractivity contribution in [1.29, 1.82) is 0 Å². The average molecular weight is 700 g/mol. The smallest absolute Gasteiger partial charge is 0.339 e. The molecule has 0 fully saturated rings. The van der Waals surface area contributed by atoms with Gasteiger partial charge in [-0.1, -0.05) is 49.2 Å². The Kier molecular flexibility index (Phi) is 10.3. The summed E-state index contributed by atoms with van der Waals surface area (Å²) >= 11 is 1.91. The van der Waals surface area contributed by atoms with E-state index in [0.29, 0.717) is 9.13 Å². The normalized spacial score (nSPS) is 12.9. The number of sulfonamides is 1. The lowest BCUT2D eigenvalue weighted by Gasteiger charge is -2.20. The summed E-state index contributed by atoms with van der Waals surface area (Å²) in [5.41, 5.74) is 4.65. The zero-order valence-electron chi connectivity index (χ0n) is 22.5. The van der Waals surface area contributed by atoms with Gasteiger partial charge in [-0.3, -0.25) is 4.79 Å². The monoisotopic (exact) mass is 699 g/mol. The molecule has 0 spiro atoms. The van der Waals surface area contributed by atoms with E-state index in [1.165, 1.54) is 43.7 Å². The molecule has 13 heteroatoms. The van der Waals surface area contributed by atoms with Gasteiger partial charge < -0.3 is 8.92 Å². The van der Waals surface area contributed by atoms with E-state index in [1.54, 1.807) is 44.2 Å². The van der Waals surface area contributed by atoms with E-state index < -0.39 is 32.1 Å². The van der Waals surface area contributed by atoms with Crippen molar-refractivity contribution >= 4 is 54.9 Å². The number of nitrogens with one attached hydrogen (secondary N) is 2. The van der Waals surface area contributed by atoms with E-state index in [9.17, 15) is 21.6 Å². The molecule has 0 aromatic heterocycles. The van der Waals surface area contributed by atoms with Gasteiger partial charge >= 0.3 is 10.1 Å². The van der Waals surface area contributed by atoms with Crippen LogP contribution in [0.15, 0.2) is 75.6 Å². The Morgan fingerprint density at radius 2 is 1.48 bits per heavy atom. The van der Waals surface area contributed by atoms with Crippen molar-refractivity contribution in [1.82, 2.24) is 10.1 Å². The van der Waals surface area contributed by atoms with Crippen molar-refractivity contribution in [3.8, 4) is 11.5 Å². The largest absolute Gasteiger partial charge is 0.493 e. The number of aryl methyl sites for hydroxylation is 2. The number of hydrazone groups is 1. The molecule has 3 aromatic rings. The summed E-state index contributed by atoms with van der Waals surface area (Å²) in [5, 5.41) is 3.96. The van der Waals surface area contributed by atoms with Gasteiger partial charge in [0, 0.05) is 0 Å². The minimum atomic E-state index is -4.11. The molecule has 0 saturated carbocycles. The van der Waals surface area contributed by atoms with Crippen molar-refractivity contribution in [3.63, 3.8) is 0 Å². The third kappa shape index (κ3) is 8.02. The van der Waals surface area contributed by atoms with Gasteiger partial charge in [0.1, 0.15) is 10.9 Å². The predicted molar refractivity (Wildman–Crippen MR) is 161 cm³/mol. The Morgan fingerprint density at radius 1 is 0.925 bits per heavy atom. The van der Waals surface area contributed by atoms with E-state index in [1.807, 2.05) is 36.4 Å². The Bertz CT molecular complexity index is 1610. The lowest BCUT2D eigenvalue weighted by Crippen LogP contribution is -2.48.